The Balaban J connectivity index is 1.44. The summed E-state index contributed by atoms with van der Waals surface area (Å²) in [5.74, 6) is 0.363. The summed E-state index contributed by atoms with van der Waals surface area (Å²) in [5.41, 5.74) is -0.919. The predicted molar refractivity (Wildman–Crippen MR) is 140 cm³/mol. The van der Waals surface area contributed by atoms with E-state index in [0.29, 0.717) is 13.0 Å². The number of ketones is 2. The summed E-state index contributed by atoms with van der Waals surface area (Å²) in [6.07, 6.45) is 8.16. The van der Waals surface area contributed by atoms with Crippen molar-refractivity contribution >= 4 is 22.9 Å². The lowest BCUT2D eigenvalue weighted by Gasteiger charge is -2.69. The number of allylic oxidation sites excluding steroid dienone is 4. The van der Waals surface area contributed by atoms with Crippen LogP contribution in [0.2, 0.25) is 0 Å². The van der Waals surface area contributed by atoms with Gasteiger partial charge < -0.3 is 10.2 Å². The molecule has 0 spiro atoms. The Labute approximate surface area is 218 Å². The van der Waals surface area contributed by atoms with Crippen LogP contribution in [-0.2, 0) is 16.1 Å². The molecule has 36 heavy (non-hydrogen) atoms. The van der Waals surface area contributed by atoms with Gasteiger partial charge in [0, 0.05) is 35.3 Å². The highest BCUT2D eigenvalue weighted by atomic mass is 32.1. The van der Waals surface area contributed by atoms with Gasteiger partial charge in [-0.25, -0.2) is 0 Å². The summed E-state index contributed by atoms with van der Waals surface area (Å²) in [5, 5.41) is 24.4. The summed E-state index contributed by atoms with van der Waals surface area (Å²) >= 11 is 1.75. The number of Topliss-reactive ketones (excluding diaryl/α,β-unsaturated/α-hetero) is 1. The number of rotatable bonds is 4. The summed E-state index contributed by atoms with van der Waals surface area (Å²) in [7, 11) is 0. The Morgan fingerprint density at radius 2 is 2.00 bits per heavy atom. The molecule has 0 radical (unpaired) electrons. The number of thiophene rings is 1. The Morgan fingerprint density at radius 3 is 2.69 bits per heavy atom. The van der Waals surface area contributed by atoms with Gasteiger partial charge in [-0.2, -0.15) is 0 Å². The van der Waals surface area contributed by atoms with Crippen LogP contribution in [0.15, 0.2) is 41.3 Å². The summed E-state index contributed by atoms with van der Waals surface area (Å²) in [6.45, 7) is 11.0. The van der Waals surface area contributed by atoms with Crippen LogP contribution in [0.5, 0.6) is 0 Å². The average molecular weight is 510 g/mol. The van der Waals surface area contributed by atoms with Gasteiger partial charge in [0.05, 0.1) is 11.5 Å². The molecule has 1 aromatic heterocycles. The topological polar surface area (TPSA) is 77.8 Å². The van der Waals surface area contributed by atoms with E-state index in [0.717, 1.165) is 37.9 Å². The summed E-state index contributed by atoms with van der Waals surface area (Å²) in [6, 6.07) is 4.22. The fraction of sp³-hybridized carbons (Fsp3) is 0.667. The summed E-state index contributed by atoms with van der Waals surface area (Å²) in [4.78, 5) is 29.8. The summed E-state index contributed by atoms with van der Waals surface area (Å²) < 4.78 is 0. The lowest BCUT2D eigenvalue weighted by molar-refractivity contribution is -0.225. The van der Waals surface area contributed by atoms with Gasteiger partial charge in [0.15, 0.2) is 11.6 Å². The number of carbonyl (C=O) groups excluding carboxylic acids is 2. The van der Waals surface area contributed by atoms with E-state index < -0.39 is 29.0 Å². The van der Waals surface area contributed by atoms with E-state index in [1.54, 1.807) is 23.5 Å². The molecule has 2 heterocycles. The van der Waals surface area contributed by atoms with Crippen LogP contribution in [0, 0.1) is 38.9 Å². The standard InChI is InChI=1S/C30H39NO4S/c1-26-10-9-21(33)12-19(26)7-8-23-27(2)13-20-15-31(16-22-6-5-11-36-22)18-30(20,25(35)17-32)28(27,3)14-24(34)29(23,26)4/h5-6,9-12,20,23-24,32,34H,7-8,13-18H2,1-4H3/t20-,23-,24-,26-,27-,28-,29+,30+/m0/s1. The molecule has 5 nitrogen and oxygen atoms in total. The lowest BCUT2D eigenvalue weighted by atomic mass is 9.35. The lowest BCUT2D eigenvalue weighted by Crippen LogP contribution is -2.68. The van der Waals surface area contributed by atoms with Gasteiger partial charge in [-0.3, -0.25) is 14.5 Å². The number of likely N-dealkylation sites (tertiary alicyclic amines) is 1. The number of nitrogens with zero attached hydrogens (tertiary/aromatic N) is 1. The molecule has 2 N–H and O–H groups in total. The van der Waals surface area contributed by atoms with Gasteiger partial charge in [0.1, 0.15) is 6.61 Å². The van der Waals surface area contributed by atoms with Gasteiger partial charge in [0.25, 0.3) is 0 Å². The van der Waals surface area contributed by atoms with E-state index in [1.807, 2.05) is 0 Å². The minimum absolute atomic E-state index is 0.0413. The Kier molecular flexibility index (Phi) is 5.30. The second-order valence-corrected chi connectivity index (χ2v) is 14.2. The molecule has 1 aliphatic heterocycles. The van der Waals surface area contributed by atoms with E-state index in [-0.39, 0.29) is 34.2 Å². The molecular formula is C30H39NO4S. The molecule has 0 bridgehead atoms. The molecule has 194 valence electrons. The Morgan fingerprint density at radius 1 is 1.22 bits per heavy atom. The number of fused-ring (bicyclic) bond motifs is 7. The first-order chi connectivity index (χ1) is 17.0. The van der Waals surface area contributed by atoms with E-state index in [1.165, 1.54) is 4.88 Å². The molecule has 8 atom stereocenters. The minimum Gasteiger partial charge on any atom is -0.392 e. The van der Waals surface area contributed by atoms with Gasteiger partial charge in [-0.15, -0.1) is 11.3 Å². The van der Waals surface area contributed by atoms with Crippen LogP contribution in [-0.4, -0.2) is 52.5 Å². The molecule has 5 aliphatic rings. The van der Waals surface area contributed by atoms with E-state index in [2.05, 4.69) is 56.2 Å². The third kappa shape index (κ3) is 2.72. The van der Waals surface area contributed by atoms with Gasteiger partial charge in [0.2, 0.25) is 0 Å². The average Bonchev–Trinajstić information content (AvgIpc) is 3.51. The Bertz CT molecular complexity index is 1170. The second kappa shape index (κ2) is 7.72. The zero-order valence-corrected chi connectivity index (χ0v) is 22.7. The van der Waals surface area contributed by atoms with Crippen LogP contribution in [0.1, 0.15) is 58.3 Å². The van der Waals surface area contributed by atoms with E-state index in [9.17, 15) is 19.8 Å². The van der Waals surface area contributed by atoms with Gasteiger partial charge >= 0.3 is 0 Å². The van der Waals surface area contributed by atoms with E-state index in [4.69, 9.17) is 0 Å². The van der Waals surface area contributed by atoms with Crippen molar-refractivity contribution < 1.29 is 19.8 Å². The van der Waals surface area contributed by atoms with Crippen LogP contribution >= 0.6 is 11.3 Å². The molecule has 0 unspecified atom stereocenters. The fourth-order valence-corrected chi connectivity index (χ4v) is 11.0. The first-order valence-corrected chi connectivity index (χ1v) is 14.4. The minimum atomic E-state index is -0.661. The molecule has 6 rings (SSSR count). The maximum absolute atomic E-state index is 13.8. The van der Waals surface area contributed by atoms with Crippen LogP contribution in [0.25, 0.3) is 0 Å². The first-order valence-electron chi connectivity index (χ1n) is 13.5. The molecule has 4 aliphatic carbocycles. The van der Waals surface area contributed by atoms with Crippen molar-refractivity contribution in [1.29, 1.82) is 0 Å². The normalized spacial score (nSPS) is 47.7. The van der Waals surface area contributed by atoms with Crippen LogP contribution in [0.4, 0.5) is 0 Å². The molecule has 4 fully saturated rings. The van der Waals surface area contributed by atoms with Gasteiger partial charge in [-0.1, -0.05) is 45.4 Å². The largest absolute Gasteiger partial charge is 0.392 e. The zero-order chi connectivity index (χ0) is 25.7. The maximum Gasteiger partial charge on any atom is 0.178 e. The molecule has 0 amide bonds. The zero-order valence-electron chi connectivity index (χ0n) is 21.9. The first kappa shape index (κ1) is 24.7. The van der Waals surface area contributed by atoms with Gasteiger partial charge in [-0.05, 0) is 71.9 Å². The fourth-order valence-electron chi connectivity index (χ4n) is 10.3. The van der Waals surface area contributed by atoms with Crippen LogP contribution < -0.4 is 0 Å². The van der Waals surface area contributed by atoms with Crippen molar-refractivity contribution in [2.45, 2.75) is 66.0 Å². The molecule has 3 saturated carbocycles. The van der Waals surface area contributed by atoms with Crippen LogP contribution in [0.3, 0.4) is 0 Å². The number of aliphatic hydroxyl groups is 2. The maximum atomic E-state index is 13.8. The highest BCUT2D eigenvalue weighted by Gasteiger charge is 2.79. The molecule has 6 heteroatoms. The Hall–Kier alpha value is -1.60. The second-order valence-electron chi connectivity index (χ2n) is 13.2. The number of aliphatic hydroxyl groups excluding tert-OH is 2. The third-order valence-corrected chi connectivity index (χ3v) is 13.2. The van der Waals surface area contributed by atoms with Crippen molar-refractivity contribution in [1.82, 2.24) is 4.90 Å². The highest BCUT2D eigenvalue weighted by molar-refractivity contribution is 7.09. The van der Waals surface area contributed by atoms with Crippen molar-refractivity contribution in [3.05, 3.63) is 46.2 Å². The van der Waals surface area contributed by atoms with Crippen molar-refractivity contribution in [3.63, 3.8) is 0 Å². The molecular weight excluding hydrogens is 470 g/mol. The SMILES string of the molecule is C[C@]12[C@@H](CCC3=CC(=O)C=C[C@@]31C)[C@]1(C)C[C@H]3CN(Cc4cccs4)C[C@@]3(C(=O)CO)[C@@]1(C)C[C@@H]2O. The number of hydrogen-bond donors (Lipinski definition) is 2. The molecule has 1 aromatic rings. The van der Waals surface area contributed by atoms with Crippen molar-refractivity contribution in [3.8, 4) is 0 Å². The third-order valence-electron chi connectivity index (χ3n) is 12.3. The predicted octanol–water partition coefficient (Wildman–Crippen LogP) is 4.40. The molecule has 1 saturated heterocycles. The van der Waals surface area contributed by atoms with Crippen molar-refractivity contribution in [2.24, 2.45) is 38.9 Å². The monoisotopic (exact) mass is 509 g/mol. The highest BCUT2D eigenvalue weighted by Crippen LogP contribution is 2.80. The quantitative estimate of drug-likeness (QED) is 0.629. The molecule has 0 aromatic carbocycles. The van der Waals surface area contributed by atoms with Crippen molar-refractivity contribution in [2.75, 3.05) is 19.7 Å². The smallest absolute Gasteiger partial charge is 0.178 e. The number of hydrogen-bond acceptors (Lipinski definition) is 6. The number of carbonyl (C=O) groups is 2. The van der Waals surface area contributed by atoms with E-state index >= 15 is 0 Å².